The maximum Gasteiger partial charge on any atom is 0.259 e. The Kier molecular flexibility index (Phi) is 4.30. The van der Waals surface area contributed by atoms with Crippen LogP contribution < -0.4 is 5.32 Å². The lowest BCUT2D eigenvalue weighted by Crippen LogP contribution is -2.13. The Balaban J connectivity index is 1.86. The number of nitrogens with one attached hydrogen (secondary N) is 1. The van der Waals surface area contributed by atoms with Crippen LogP contribution in [-0.4, -0.2) is 15.7 Å². The summed E-state index contributed by atoms with van der Waals surface area (Å²) < 4.78 is 2.78. The van der Waals surface area contributed by atoms with Crippen molar-refractivity contribution in [3.05, 3.63) is 76.0 Å². The van der Waals surface area contributed by atoms with Crippen LogP contribution in [0, 0.1) is 13.8 Å². The molecule has 0 aliphatic carbocycles. The lowest BCUT2D eigenvalue weighted by Gasteiger charge is -2.08. The largest absolute Gasteiger partial charge is 0.322 e. The van der Waals surface area contributed by atoms with E-state index in [1.54, 1.807) is 10.9 Å². The highest BCUT2D eigenvalue weighted by Crippen LogP contribution is 2.21. The first kappa shape index (κ1) is 15.5. The van der Waals surface area contributed by atoms with Gasteiger partial charge in [0.05, 0.1) is 23.1 Å². The molecule has 0 atom stereocenters. The van der Waals surface area contributed by atoms with Crippen molar-refractivity contribution in [2.24, 2.45) is 0 Å². The third-order valence-electron chi connectivity index (χ3n) is 3.67. The molecule has 116 valence electrons. The highest BCUT2D eigenvalue weighted by molar-refractivity contribution is 9.10. The minimum Gasteiger partial charge on any atom is -0.322 e. The van der Waals surface area contributed by atoms with Gasteiger partial charge in [-0.25, -0.2) is 4.68 Å². The average Bonchev–Trinajstić information content (AvgIpc) is 2.93. The van der Waals surface area contributed by atoms with Crippen LogP contribution in [-0.2, 0) is 0 Å². The SMILES string of the molecule is Cc1cc(NC(=O)c2cnn(-c3ccccc3)c2C)ccc1Br. The quantitative estimate of drug-likeness (QED) is 0.738. The van der Waals surface area contributed by atoms with E-state index in [0.29, 0.717) is 5.56 Å². The molecule has 0 bridgehead atoms. The number of hydrogen-bond acceptors (Lipinski definition) is 2. The van der Waals surface area contributed by atoms with E-state index in [9.17, 15) is 4.79 Å². The Morgan fingerprint density at radius 3 is 2.57 bits per heavy atom. The molecule has 0 aliphatic rings. The number of benzene rings is 2. The number of halogens is 1. The molecule has 1 N–H and O–H groups in total. The van der Waals surface area contributed by atoms with Gasteiger partial charge in [-0.05, 0) is 49.7 Å². The fourth-order valence-corrected chi connectivity index (χ4v) is 2.63. The number of para-hydroxylation sites is 1. The number of hydrogen-bond donors (Lipinski definition) is 1. The van der Waals surface area contributed by atoms with Crippen molar-refractivity contribution in [1.82, 2.24) is 9.78 Å². The van der Waals surface area contributed by atoms with Crippen molar-refractivity contribution in [2.75, 3.05) is 5.32 Å². The molecule has 5 heteroatoms. The van der Waals surface area contributed by atoms with Crippen molar-refractivity contribution in [3.63, 3.8) is 0 Å². The normalized spacial score (nSPS) is 10.6. The first-order valence-electron chi connectivity index (χ1n) is 7.24. The summed E-state index contributed by atoms with van der Waals surface area (Å²) in [4.78, 5) is 12.5. The molecule has 0 saturated heterocycles. The fraction of sp³-hybridized carbons (Fsp3) is 0.111. The van der Waals surface area contributed by atoms with Gasteiger partial charge in [0.15, 0.2) is 0 Å². The second-order valence-corrected chi connectivity index (χ2v) is 6.16. The van der Waals surface area contributed by atoms with Crippen LogP contribution >= 0.6 is 15.9 Å². The zero-order chi connectivity index (χ0) is 16.4. The van der Waals surface area contributed by atoms with E-state index in [2.05, 4.69) is 26.3 Å². The zero-order valence-corrected chi connectivity index (χ0v) is 14.5. The van der Waals surface area contributed by atoms with Crippen LogP contribution in [0.25, 0.3) is 5.69 Å². The summed E-state index contributed by atoms with van der Waals surface area (Å²) in [7, 11) is 0. The van der Waals surface area contributed by atoms with E-state index in [4.69, 9.17) is 0 Å². The Hall–Kier alpha value is -2.40. The van der Waals surface area contributed by atoms with E-state index in [-0.39, 0.29) is 5.91 Å². The Labute approximate surface area is 143 Å². The van der Waals surface area contributed by atoms with Crippen molar-refractivity contribution in [1.29, 1.82) is 0 Å². The van der Waals surface area contributed by atoms with Gasteiger partial charge < -0.3 is 5.32 Å². The first-order valence-corrected chi connectivity index (χ1v) is 8.03. The molecule has 4 nitrogen and oxygen atoms in total. The number of carbonyl (C=O) groups is 1. The molecule has 1 heterocycles. The fourth-order valence-electron chi connectivity index (χ4n) is 2.38. The average molecular weight is 370 g/mol. The second-order valence-electron chi connectivity index (χ2n) is 5.31. The summed E-state index contributed by atoms with van der Waals surface area (Å²) in [5.74, 6) is -0.161. The predicted octanol–water partition coefficient (Wildman–Crippen LogP) is 4.50. The smallest absolute Gasteiger partial charge is 0.259 e. The van der Waals surface area contributed by atoms with Gasteiger partial charge in [-0.3, -0.25) is 4.79 Å². The minimum absolute atomic E-state index is 0.161. The number of aromatic nitrogens is 2. The molecule has 0 aliphatic heterocycles. The van der Waals surface area contributed by atoms with Crippen molar-refractivity contribution >= 4 is 27.5 Å². The maximum atomic E-state index is 12.5. The third kappa shape index (κ3) is 3.19. The number of nitrogens with zero attached hydrogens (tertiary/aromatic N) is 2. The number of rotatable bonds is 3. The van der Waals surface area contributed by atoms with Crippen LogP contribution in [0.15, 0.2) is 59.2 Å². The van der Waals surface area contributed by atoms with E-state index < -0.39 is 0 Å². The lowest BCUT2D eigenvalue weighted by molar-refractivity contribution is 0.102. The summed E-state index contributed by atoms with van der Waals surface area (Å²) in [6, 6.07) is 15.5. The van der Waals surface area contributed by atoms with Gasteiger partial charge in [0.1, 0.15) is 0 Å². The lowest BCUT2D eigenvalue weighted by atomic mass is 10.2. The number of carbonyl (C=O) groups excluding carboxylic acids is 1. The van der Waals surface area contributed by atoms with Gasteiger partial charge in [0, 0.05) is 10.2 Å². The molecule has 0 fully saturated rings. The molecule has 2 aromatic carbocycles. The molecule has 1 aromatic heterocycles. The van der Waals surface area contributed by atoms with Crippen LogP contribution in [0.3, 0.4) is 0 Å². The summed E-state index contributed by atoms with van der Waals surface area (Å²) in [5.41, 5.74) is 4.14. The number of anilines is 1. The molecule has 0 spiro atoms. The van der Waals surface area contributed by atoms with Crippen LogP contribution in [0.1, 0.15) is 21.6 Å². The monoisotopic (exact) mass is 369 g/mol. The second kappa shape index (κ2) is 6.38. The van der Waals surface area contributed by atoms with Crippen molar-refractivity contribution < 1.29 is 4.79 Å². The minimum atomic E-state index is -0.161. The van der Waals surface area contributed by atoms with Crippen LogP contribution in [0.4, 0.5) is 5.69 Å². The van der Waals surface area contributed by atoms with Crippen LogP contribution in [0.2, 0.25) is 0 Å². The van der Waals surface area contributed by atoms with Crippen molar-refractivity contribution in [2.45, 2.75) is 13.8 Å². The molecule has 3 rings (SSSR count). The van der Waals surface area contributed by atoms with Gasteiger partial charge in [0.25, 0.3) is 5.91 Å². The molecular weight excluding hydrogens is 354 g/mol. The summed E-state index contributed by atoms with van der Waals surface area (Å²) >= 11 is 3.46. The van der Waals surface area contributed by atoms with Gasteiger partial charge in [-0.15, -0.1) is 0 Å². The van der Waals surface area contributed by atoms with E-state index >= 15 is 0 Å². The zero-order valence-electron chi connectivity index (χ0n) is 12.9. The maximum absolute atomic E-state index is 12.5. The molecular formula is C18H16BrN3O. The molecule has 0 unspecified atom stereocenters. The molecule has 1 amide bonds. The third-order valence-corrected chi connectivity index (χ3v) is 4.56. The highest BCUT2D eigenvalue weighted by atomic mass is 79.9. The highest BCUT2D eigenvalue weighted by Gasteiger charge is 2.15. The summed E-state index contributed by atoms with van der Waals surface area (Å²) in [6.45, 7) is 3.88. The van der Waals surface area contributed by atoms with E-state index in [1.165, 1.54) is 0 Å². The Morgan fingerprint density at radius 1 is 1.13 bits per heavy atom. The van der Waals surface area contributed by atoms with Crippen LogP contribution in [0.5, 0.6) is 0 Å². The van der Waals surface area contributed by atoms with E-state index in [0.717, 1.165) is 27.1 Å². The molecule has 23 heavy (non-hydrogen) atoms. The number of amides is 1. The van der Waals surface area contributed by atoms with Gasteiger partial charge in [-0.2, -0.15) is 5.10 Å². The van der Waals surface area contributed by atoms with Gasteiger partial charge in [0.2, 0.25) is 0 Å². The summed E-state index contributed by atoms with van der Waals surface area (Å²) in [5, 5.41) is 7.25. The Morgan fingerprint density at radius 2 is 1.87 bits per heavy atom. The summed E-state index contributed by atoms with van der Waals surface area (Å²) in [6.07, 6.45) is 1.60. The van der Waals surface area contributed by atoms with E-state index in [1.807, 2.05) is 62.4 Å². The molecule has 3 aromatic rings. The topological polar surface area (TPSA) is 46.9 Å². The molecule has 0 radical (unpaired) electrons. The van der Waals surface area contributed by atoms with Gasteiger partial charge in [-0.1, -0.05) is 34.1 Å². The van der Waals surface area contributed by atoms with Gasteiger partial charge >= 0.3 is 0 Å². The standard InChI is InChI=1S/C18H16BrN3O/c1-12-10-14(8-9-17(12)19)21-18(23)16-11-20-22(13(16)2)15-6-4-3-5-7-15/h3-11H,1-2H3,(H,21,23). The first-order chi connectivity index (χ1) is 11.1. The predicted molar refractivity (Wildman–Crippen MR) is 95.1 cm³/mol. The Bertz CT molecular complexity index is 856. The number of aryl methyl sites for hydroxylation is 1. The molecule has 0 saturated carbocycles. The van der Waals surface area contributed by atoms with Crippen molar-refractivity contribution in [3.8, 4) is 5.69 Å².